The van der Waals surface area contributed by atoms with Crippen molar-refractivity contribution in [2.45, 2.75) is 6.92 Å². The first kappa shape index (κ1) is 12.5. The van der Waals surface area contributed by atoms with E-state index in [1.165, 1.54) is 0 Å². The van der Waals surface area contributed by atoms with Gasteiger partial charge in [-0.15, -0.1) is 0 Å². The van der Waals surface area contributed by atoms with Crippen molar-refractivity contribution in [3.05, 3.63) is 12.0 Å². The summed E-state index contributed by atoms with van der Waals surface area (Å²) in [6, 6.07) is 0. The van der Waals surface area contributed by atoms with Crippen molar-refractivity contribution in [3.63, 3.8) is 0 Å². The van der Waals surface area contributed by atoms with E-state index in [1.54, 1.807) is 6.92 Å². The van der Waals surface area contributed by atoms with Crippen LogP contribution >= 0.6 is 0 Å². The Hall–Kier alpha value is -0.190. The predicted molar refractivity (Wildman–Crippen MR) is 27.3 cm³/mol. The summed E-state index contributed by atoms with van der Waals surface area (Å²) >= 11 is 0. The van der Waals surface area contributed by atoms with Crippen molar-refractivity contribution < 1.29 is 49.3 Å². The molecule has 0 rings (SSSR count). The number of carboxylic acids is 1. The first-order valence-electron chi connectivity index (χ1n) is 2.41. The van der Waals surface area contributed by atoms with Gasteiger partial charge < -0.3 is 19.7 Å². The van der Waals surface area contributed by atoms with Crippen molar-refractivity contribution in [1.29, 1.82) is 0 Å². The third kappa shape index (κ3) is 4.67. The first-order valence-corrected chi connectivity index (χ1v) is 2.41. The maximum absolute atomic E-state index is 9.86. The third-order valence-electron chi connectivity index (χ3n) is 0.618. The van der Waals surface area contributed by atoms with E-state index in [9.17, 15) is 9.90 Å². The van der Waals surface area contributed by atoms with Crippen LogP contribution in [-0.2, 0) is 9.53 Å². The normalized spacial score (nSPS) is 9.90. The van der Waals surface area contributed by atoms with Gasteiger partial charge in [-0.1, -0.05) is 0 Å². The molecule has 0 spiro atoms. The van der Waals surface area contributed by atoms with Crippen LogP contribution in [0, 0.1) is 0 Å². The zero-order valence-corrected chi connectivity index (χ0v) is 7.96. The fourth-order valence-electron chi connectivity index (χ4n) is 0.304. The van der Waals surface area contributed by atoms with Crippen LogP contribution < -0.4 is 34.7 Å². The Morgan fingerprint density at radius 1 is 1.80 bits per heavy atom. The van der Waals surface area contributed by atoms with E-state index in [0.29, 0.717) is 6.26 Å². The molecule has 0 aliphatic heterocycles. The van der Waals surface area contributed by atoms with E-state index >= 15 is 0 Å². The molecule has 1 N–H and O–H groups in total. The summed E-state index contributed by atoms with van der Waals surface area (Å²) < 4.78 is 4.40. The Morgan fingerprint density at radius 2 is 2.30 bits per heavy atom. The number of aliphatic hydroxyl groups excluding tert-OH is 1. The van der Waals surface area contributed by atoms with Crippen LogP contribution in [0.4, 0.5) is 0 Å². The van der Waals surface area contributed by atoms with Crippen molar-refractivity contribution in [1.82, 2.24) is 0 Å². The molecular formula is C5H7NaO4. The van der Waals surface area contributed by atoms with Crippen LogP contribution in [0.2, 0.25) is 0 Å². The third-order valence-corrected chi connectivity index (χ3v) is 0.618. The molecule has 5 heteroatoms. The van der Waals surface area contributed by atoms with E-state index in [0.717, 1.165) is 0 Å². The smallest absolute Gasteiger partial charge is 0.541 e. The molecule has 52 valence electrons. The van der Waals surface area contributed by atoms with Gasteiger partial charge in [0.15, 0.2) is 5.76 Å². The SMILES string of the molecule is CCOC(=CO)C(=O)[O-].[Na+]. The number of carbonyl (C=O) groups excluding carboxylic acids is 1. The number of aliphatic carboxylic acids is 1. The van der Waals surface area contributed by atoms with E-state index in [2.05, 4.69) is 4.74 Å². The minimum Gasteiger partial charge on any atom is -0.541 e. The molecule has 4 nitrogen and oxygen atoms in total. The summed E-state index contributed by atoms with van der Waals surface area (Å²) in [5.74, 6) is -2.06. The van der Waals surface area contributed by atoms with E-state index in [1.807, 2.05) is 0 Å². The van der Waals surface area contributed by atoms with Crippen molar-refractivity contribution >= 4 is 5.97 Å². The van der Waals surface area contributed by atoms with Crippen LogP contribution in [0.5, 0.6) is 0 Å². The molecule has 0 atom stereocenters. The molecule has 0 aliphatic rings. The molecule has 0 fully saturated rings. The number of hydrogen-bond acceptors (Lipinski definition) is 4. The number of carbonyl (C=O) groups is 1. The van der Waals surface area contributed by atoms with Crippen molar-refractivity contribution in [2.75, 3.05) is 6.61 Å². The molecule has 0 aromatic carbocycles. The van der Waals surface area contributed by atoms with Crippen LogP contribution in [0.15, 0.2) is 12.0 Å². The van der Waals surface area contributed by atoms with Crippen LogP contribution in [-0.4, -0.2) is 17.7 Å². The standard InChI is InChI=1S/C5H8O4.Na/c1-2-9-4(3-6)5(7)8;/h3,6H,2H2,1H3,(H,7,8);/q;+1/p-1. The second kappa shape index (κ2) is 6.92. The van der Waals surface area contributed by atoms with Crippen molar-refractivity contribution in [3.8, 4) is 0 Å². The maximum atomic E-state index is 9.86. The summed E-state index contributed by atoms with van der Waals surface area (Å²) in [7, 11) is 0. The monoisotopic (exact) mass is 154 g/mol. The predicted octanol–water partition coefficient (Wildman–Crippen LogP) is -3.82. The summed E-state index contributed by atoms with van der Waals surface area (Å²) in [6.45, 7) is 1.80. The Morgan fingerprint density at radius 3 is 2.40 bits per heavy atom. The fraction of sp³-hybridized carbons (Fsp3) is 0.400. The quantitative estimate of drug-likeness (QED) is 0.257. The summed E-state index contributed by atoms with van der Waals surface area (Å²) in [6.07, 6.45) is 0.360. The Bertz CT molecular complexity index is 132. The van der Waals surface area contributed by atoms with Crippen LogP contribution in [0.3, 0.4) is 0 Å². The Balaban J connectivity index is 0. The zero-order valence-electron chi connectivity index (χ0n) is 5.96. The molecule has 0 saturated carbocycles. The fourth-order valence-corrected chi connectivity index (χ4v) is 0.304. The van der Waals surface area contributed by atoms with Gasteiger partial charge in [0.25, 0.3) is 0 Å². The average molecular weight is 154 g/mol. The zero-order chi connectivity index (χ0) is 7.28. The van der Waals surface area contributed by atoms with Crippen LogP contribution in [0.1, 0.15) is 6.92 Å². The molecule has 0 amide bonds. The minimum atomic E-state index is -1.51. The molecule has 0 bridgehead atoms. The van der Waals surface area contributed by atoms with Gasteiger partial charge in [0.1, 0.15) is 12.2 Å². The second-order valence-electron chi connectivity index (χ2n) is 1.21. The van der Waals surface area contributed by atoms with E-state index < -0.39 is 11.7 Å². The van der Waals surface area contributed by atoms with Gasteiger partial charge in [-0.2, -0.15) is 0 Å². The topological polar surface area (TPSA) is 69.6 Å². The second-order valence-corrected chi connectivity index (χ2v) is 1.21. The maximum Gasteiger partial charge on any atom is 1.00 e. The van der Waals surface area contributed by atoms with Gasteiger partial charge in [-0.25, -0.2) is 0 Å². The van der Waals surface area contributed by atoms with Gasteiger partial charge in [-0.3, -0.25) is 0 Å². The van der Waals surface area contributed by atoms with Gasteiger partial charge in [0.05, 0.1) is 6.61 Å². The molecular weight excluding hydrogens is 147 g/mol. The summed E-state index contributed by atoms with van der Waals surface area (Å²) in [5.41, 5.74) is 0. The molecule has 0 unspecified atom stereocenters. The van der Waals surface area contributed by atoms with E-state index in [4.69, 9.17) is 5.11 Å². The van der Waals surface area contributed by atoms with Gasteiger partial charge >= 0.3 is 29.6 Å². The Kier molecular flexibility index (Phi) is 8.64. The van der Waals surface area contributed by atoms with Crippen molar-refractivity contribution in [2.24, 2.45) is 0 Å². The van der Waals surface area contributed by atoms with Gasteiger partial charge in [-0.05, 0) is 6.92 Å². The largest absolute Gasteiger partial charge is 1.00 e. The molecule has 0 aromatic heterocycles. The van der Waals surface area contributed by atoms with Crippen LogP contribution in [0.25, 0.3) is 0 Å². The average Bonchev–Trinajstić information content (AvgIpc) is 1.82. The molecule has 0 saturated heterocycles. The minimum absolute atomic E-state index is 0. The summed E-state index contributed by atoms with van der Waals surface area (Å²) in [4.78, 5) is 9.86. The first-order chi connectivity index (χ1) is 4.22. The van der Waals surface area contributed by atoms with Gasteiger partial charge in [0, 0.05) is 0 Å². The molecule has 0 heterocycles. The van der Waals surface area contributed by atoms with E-state index in [-0.39, 0.29) is 36.2 Å². The molecule has 0 radical (unpaired) electrons. The molecule has 10 heavy (non-hydrogen) atoms. The number of hydrogen-bond donors (Lipinski definition) is 1. The number of aliphatic hydroxyl groups is 1. The Labute approximate surface area is 80.8 Å². The number of ether oxygens (including phenoxy) is 1. The number of carboxylic acid groups (broad SMARTS) is 1. The molecule has 0 aliphatic carbocycles. The summed E-state index contributed by atoms with van der Waals surface area (Å²) in [5, 5.41) is 18.0. The van der Waals surface area contributed by atoms with Gasteiger partial charge in [0.2, 0.25) is 0 Å². The number of rotatable bonds is 3. The molecule has 0 aromatic rings.